The maximum atomic E-state index is 3.63. The van der Waals surface area contributed by atoms with Crippen LogP contribution in [-0.2, 0) is 0 Å². The summed E-state index contributed by atoms with van der Waals surface area (Å²) in [7, 11) is 0. The van der Waals surface area contributed by atoms with Crippen molar-refractivity contribution in [1.82, 2.24) is 0 Å². The van der Waals surface area contributed by atoms with Crippen molar-refractivity contribution in [1.29, 1.82) is 0 Å². The fraction of sp³-hybridized carbons (Fsp3) is 0.200. The van der Waals surface area contributed by atoms with Gasteiger partial charge in [-0.3, -0.25) is 0 Å². The maximum absolute atomic E-state index is 3.63. The zero-order chi connectivity index (χ0) is 14.4. The minimum atomic E-state index is 0.753. The highest BCUT2D eigenvalue weighted by Gasteiger charge is 2.27. The van der Waals surface area contributed by atoms with Crippen molar-refractivity contribution in [3.63, 3.8) is 0 Å². The fourth-order valence-electron chi connectivity index (χ4n) is 3.19. The quantitative estimate of drug-likeness (QED) is 0.504. The lowest BCUT2D eigenvalue weighted by Crippen LogP contribution is -1.92. The van der Waals surface area contributed by atoms with Gasteiger partial charge in [-0.25, -0.2) is 0 Å². The van der Waals surface area contributed by atoms with Gasteiger partial charge in [-0.05, 0) is 70.8 Å². The molecule has 0 nitrogen and oxygen atoms in total. The summed E-state index contributed by atoms with van der Waals surface area (Å²) < 4.78 is 1.15. The van der Waals surface area contributed by atoms with E-state index in [1.807, 2.05) is 0 Å². The normalized spacial score (nSPS) is 14.6. The number of fused-ring (bicyclic) bond motifs is 1. The lowest BCUT2D eigenvalue weighted by molar-refractivity contribution is 1.14. The van der Waals surface area contributed by atoms with E-state index in [4.69, 9.17) is 0 Å². The van der Waals surface area contributed by atoms with Gasteiger partial charge in [0.1, 0.15) is 0 Å². The van der Waals surface area contributed by atoms with Crippen LogP contribution >= 0.6 is 15.9 Å². The van der Waals surface area contributed by atoms with Gasteiger partial charge in [0.05, 0.1) is 0 Å². The summed E-state index contributed by atoms with van der Waals surface area (Å²) in [5.74, 6) is 0.753. The molecule has 1 saturated carbocycles. The van der Waals surface area contributed by atoms with Crippen LogP contribution in [0.3, 0.4) is 0 Å². The number of halogens is 1. The first-order valence-corrected chi connectivity index (χ1v) is 8.31. The van der Waals surface area contributed by atoms with Crippen molar-refractivity contribution in [3.05, 3.63) is 70.2 Å². The van der Waals surface area contributed by atoms with Crippen LogP contribution in [0.5, 0.6) is 0 Å². The molecule has 3 aromatic rings. The summed E-state index contributed by atoms with van der Waals surface area (Å²) >= 11 is 3.63. The van der Waals surface area contributed by atoms with E-state index in [0.29, 0.717) is 0 Å². The number of benzene rings is 3. The lowest BCUT2D eigenvalue weighted by Gasteiger charge is -2.15. The van der Waals surface area contributed by atoms with Crippen molar-refractivity contribution < 1.29 is 0 Å². The molecular weight excluding hydrogens is 320 g/mol. The largest absolute Gasteiger partial charge is 0.0616 e. The Labute approximate surface area is 133 Å². The Kier molecular flexibility index (Phi) is 3.11. The van der Waals surface area contributed by atoms with Crippen LogP contribution in [0, 0.1) is 6.92 Å². The molecule has 104 valence electrons. The molecule has 1 fully saturated rings. The highest BCUT2D eigenvalue weighted by atomic mass is 79.9. The number of aryl methyl sites for hydroxylation is 1. The zero-order valence-corrected chi connectivity index (χ0v) is 13.7. The smallest absolute Gasteiger partial charge is 0.0181 e. The van der Waals surface area contributed by atoms with Gasteiger partial charge in [0, 0.05) is 4.47 Å². The van der Waals surface area contributed by atoms with Crippen molar-refractivity contribution >= 4 is 26.7 Å². The molecule has 3 aromatic carbocycles. The molecule has 0 aliphatic heterocycles. The Balaban J connectivity index is 2.09. The predicted molar refractivity (Wildman–Crippen MR) is 93.8 cm³/mol. The third kappa shape index (κ3) is 2.30. The molecule has 1 aliphatic carbocycles. The molecule has 0 unspecified atom stereocenters. The number of hydrogen-bond acceptors (Lipinski definition) is 0. The van der Waals surface area contributed by atoms with Gasteiger partial charge < -0.3 is 0 Å². The highest BCUT2D eigenvalue weighted by Crippen LogP contribution is 2.47. The second kappa shape index (κ2) is 4.99. The Morgan fingerprint density at radius 1 is 0.952 bits per heavy atom. The molecule has 0 spiro atoms. The van der Waals surface area contributed by atoms with E-state index in [2.05, 4.69) is 77.5 Å². The topological polar surface area (TPSA) is 0 Å². The van der Waals surface area contributed by atoms with E-state index in [1.165, 1.54) is 45.9 Å². The maximum Gasteiger partial charge on any atom is 0.0181 e. The van der Waals surface area contributed by atoms with E-state index in [9.17, 15) is 0 Å². The molecule has 0 bridgehead atoms. The van der Waals surface area contributed by atoms with Crippen LogP contribution in [0.25, 0.3) is 21.9 Å². The summed E-state index contributed by atoms with van der Waals surface area (Å²) in [6, 6.07) is 20.0. The second-order valence-electron chi connectivity index (χ2n) is 5.98. The molecule has 1 heteroatoms. The molecule has 0 aromatic heterocycles. The fourth-order valence-corrected chi connectivity index (χ4v) is 3.55. The Hall–Kier alpha value is -1.60. The summed E-state index contributed by atoms with van der Waals surface area (Å²) in [6.07, 6.45) is 2.66. The molecule has 4 rings (SSSR count). The molecule has 0 heterocycles. The monoisotopic (exact) mass is 336 g/mol. The van der Waals surface area contributed by atoms with Crippen molar-refractivity contribution in [2.24, 2.45) is 0 Å². The zero-order valence-electron chi connectivity index (χ0n) is 12.1. The van der Waals surface area contributed by atoms with Crippen molar-refractivity contribution in [2.75, 3.05) is 0 Å². The number of hydrogen-bond donors (Lipinski definition) is 0. The third-order valence-corrected chi connectivity index (χ3v) is 4.94. The van der Waals surface area contributed by atoms with Gasteiger partial charge in [0.25, 0.3) is 0 Å². The third-order valence-electron chi connectivity index (χ3n) is 4.45. The first-order chi connectivity index (χ1) is 10.2. The SMILES string of the molecule is Cc1ccc(Br)cc1-c1c(C2CC2)ccc2ccccc12. The molecular formula is C20H17Br. The van der Waals surface area contributed by atoms with Gasteiger partial charge in [0.15, 0.2) is 0 Å². The van der Waals surface area contributed by atoms with Crippen LogP contribution in [-0.4, -0.2) is 0 Å². The molecule has 0 saturated heterocycles. The van der Waals surface area contributed by atoms with Gasteiger partial charge in [0.2, 0.25) is 0 Å². The van der Waals surface area contributed by atoms with Gasteiger partial charge >= 0.3 is 0 Å². The standard InChI is InChI=1S/C20H17Br/c1-13-6-10-16(21)12-19(13)20-17-5-3-2-4-14(17)9-11-18(20)15-7-8-15/h2-6,9-12,15H,7-8H2,1H3. The van der Waals surface area contributed by atoms with Crippen LogP contribution < -0.4 is 0 Å². The Morgan fingerprint density at radius 3 is 2.57 bits per heavy atom. The van der Waals surface area contributed by atoms with Crippen LogP contribution in [0.15, 0.2) is 59.1 Å². The summed E-state index contributed by atoms with van der Waals surface area (Å²) in [5, 5.41) is 2.71. The van der Waals surface area contributed by atoms with Gasteiger partial charge in [-0.1, -0.05) is 58.4 Å². The van der Waals surface area contributed by atoms with E-state index < -0.39 is 0 Å². The van der Waals surface area contributed by atoms with Crippen molar-refractivity contribution in [3.8, 4) is 11.1 Å². The molecule has 21 heavy (non-hydrogen) atoms. The first kappa shape index (κ1) is 13.1. The summed E-state index contributed by atoms with van der Waals surface area (Å²) in [5.41, 5.74) is 5.67. The molecule has 1 aliphatic rings. The van der Waals surface area contributed by atoms with Crippen LogP contribution in [0.4, 0.5) is 0 Å². The second-order valence-corrected chi connectivity index (χ2v) is 6.90. The van der Waals surface area contributed by atoms with Crippen LogP contribution in [0.1, 0.15) is 29.9 Å². The van der Waals surface area contributed by atoms with E-state index in [-0.39, 0.29) is 0 Å². The Bertz CT molecular complexity index is 828. The molecule has 0 N–H and O–H groups in total. The van der Waals surface area contributed by atoms with Gasteiger partial charge in [-0.15, -0.1) is 0 Å². The van der Waals surface area contributed by atoms with Gasteiger partial charge in [-0.2, -0.15) is 0 Å². The van der Waals surface area contributed by atoms with E-state index in [1.54, 1.807) is 0 Å². The molecule has 0 radical (unpaired) electrons. The first-order valence-electron chi connectivity index (χ1n) is 7.52. The molecule has 0 amide bonds. The van der Waals surface area contributed by atoms with Crippen molar-refractivity contribution in [2.45, 2.75) is 25.7 Å². The van der Waals surface area contributed by atoms with Crippen LogP contribution in [0.2, 0.25) is 0 Å². The lowest BCUT2D eigenvalue weighted by atomic mass is 9.89. The summed E-state index contributed by atoms with van der Waals surface area (Å²) in [6.45, 7) is 2.21. The average molecular weight is 337 g/mol. The molecule has 0 atom stereocenters. The minimum absolute atomic E-state index is 0.753. The van der Waals surface area contributed by atoms with E-state index in [0.717, 1.165) is 10.4 Å². The van der Waals surface area contributed by atoms with E-state index >= 15 is 0 Å². The predicted octanol–water partition coefficient (Wildman–Crippen LogP) is 6.46. The number of rotatable bonds is 2. The minimum Gasteiger partial charge on any atom is -0.0616 e. The summed E-state index contributed by atoms with van der Waals surface area (Å²) in [4.78, 5) is 0. The highest BCUT2D eigenvalue weighted by molar-refractivity contribution is 9.10. The average Bonchev–Trinajstić information content (AvgIpc) is 3.33. The Morgan fingerprint density at radius 2 is 1.76 bits per heavy atom.